The van der Waals surface area contributed by atoms with E-state index in [1.807, 2.05) is 42.5 Å². The highest BCUT2D eigenvalue weighted by molar-refractivity contribution is 6.04. The molecule has 1 heterocycles. The molecule has 6 nitrogen and oxygen atoms in total. The molecule has 0 fully saturated rings. The van der Waals surface area contributed by atoms with E-state index in [9.17, 15) is 9.59 Å². The van der Waals surface area contributed by atoms with Crippen molar-refractivity contribution in [1.82, 2.24) is 4.98 Å². The summed E-state index contributed by atoms with van der Waals surface area (Å²) < 4.78 is 10.4. The van der Waals surface area contributed by atoms with Crippen LogP contribution in [0.15, 0.2) is 77.6 Å². The first-order chi connectivity index (χ1) is 14.6. The summed E-state index contributed by atoms with van der Waals surface area (Å²) in [6.45, 7) is 0. The molecule has 0 saturated carbocycles. The zero-order chi connectivity index (χ0) is 21.1. The number of carbonyl (C=O) groups is 1. The van der Waals surface area contributed by atoms with Crippen molar-refractivity contribution in [2.24, 2.45) is 0 Å². The zero-order valence-corrected chi connectivity index (χ0v) is 16.6. The average Bonchev–Trinajstić information content (AvgIpc) is 2.78. The standard InChI is InChI=1S/C24H20N2O4/c1-29-19-12-18(13-20(14-19)30-2)25-23(27)21-9-10-22(26-24(21)28)17-8-7-15-5-3-4-6-16(15)11-17/h3-14H,1-2H3,(H,25,27)(H,26,28). The molecule has 0 atom stereocenters. The first-order valence-electron chi connectivity index (χ1n) is 9.34. The minimum absolute atomic E-state index is 0.0151. The Hall–Kier alpha value is -4.06. The number of amides is 1. The van der Waals surface area contributed by atoms with Gasteiger partial charge in [0.2, 0.25) is 0 Å². The Morgan fingerprint density at radius 2 is 1.53 bits per heavy atom. The number of benzene rings is 3. The second kappa shape index (κ2) is 8.13. The third-order valence-corrected chi connectivity index (χ3v) is 4.82. The smallest absolute Gasteiger partial charge is 0.261 e. The van der Waals surface area contributed by atoms with Crippen molar-refractivity contribution < 1.29 is 14.3 Å². The number of hydrogen-bond acceptors (Lipinski definition) is 4. The molecule has 2 N–H and O–H groups in total. The summed E-state index contributed by atoms with van der Waals surface area (Å²) in [6.07, 6.45) is 0. The maximum absolute atomic E-state index is 12.6. The highest BCUT2D eigenvalue weighted by Crippen LogP contribution is 2.26. The molecule has 30 heavy (non-hydrogen) atoms. The summed E-state index contributed by atoms with van der Waals surface area (Å²) in [4.78, 5) is 28.0. The molecule has 6 heteroatoms. The van der Waals surface area contributed by atoms with E-state index in [1.54, 1.807) is 24.3 Å². The number of aromatic nitrogens is 1. The van der Waals surface area contributed by atoms with Crippen LogP contribution in [-0.4, -0.2) is 25.1 Å². The summed E-state index contributed by atoms with van der Waals surface area (Å²) in [5, 5.41) is 4.91. The van der Waals surface area contributed by atoms with Crippen molar-refractivity contribution in [3.8, 4) is 22.8 Å². The number of aromatic amines is 1. The summed E-state index contributed by atoms with van der Waals surface area (Å²) in [6, 6.07) is 22.2. The molecule has 0 aliphatic carbocycles. The fourth-order valence-corrected chi connectivity index (χ4v) is 3.26. The van der Waals surface area contributed by atoms with Crippen molar-refractivity contribution in [2.45, 2.75) is 0 Å². The average molecular weight is 400 g/mol. The number of methoxy groups -OCH3 is 2. The van der Waals surface area contributed by atoms with Crippen LogP contribution in [0.4, 0.5) is 5.69 Å². The highest BCUT2D eigenvalue weighted by Gasteiger charge is 2.13. The van der Waals surface area contributed by atoms with Crippen molar-refractivity contribution in [2.75, 3.05) is 19.5 Å². The number of fused-ring (bicyclic) bond motifs is 1. The molecule has 1 aromatic heterocycles. The number of rotatable bonds is 5. The summed E-state index contributed by atoms with van der Waals surface area (Å²) in [7, 11) is 3.05. The van der Waals surface area contributed by atoms with Crippen LogP contribution in [0, 0.1) is 0 Å². The number of pyridine rings is 1. The molecular weight excluding hydrogens is 380 g/mol. The predicted octanol–water partition coefficient (Wildman–Crippen LogP) is 4.46. The number of anilines is 1. The minimum atomic E-state index is -0.517. The number of H-pyrrole nitrogens is 1. The number of nitrogens with one attached hydrogen (secondary N) is 2. The van der Waals surface area contributed by atoms with Crippen molar-refractivity contribution in [3.63, 3.8) is 0 Å². The molecule has 0 saturated heterocycles. The molecule has 4 aromatic rings. The Kier molecular flexibility index (Phi) is 5.22. The van der Waals surface area contributed by atoms with Crippen molar-refractivity contribution in [3.05, 3.63) is 88.7 Å². The van der Waals surface area contributed by atoms with E-state index in [1.165, 1.54) is 20.3 Å². The van der Waals surface area contributed by atoms with Crippen LogP contribution in [0.25, 0.3) is 22.0 Å². The van der Waals surface area contributed by atoms with Crippen LogP contribution in [-0.2, 0) is 0 Å². The van der Waals surface area contributed by atoms with E-state index in [2.05, 4.69) is 10.3 Å². The topological polar surface area (TPSA) is 80.4 Å². The molecule has 0 unspecified atom stereocenters. The maximum atomic E-state index is 12.6. The SMILES string of the molecule is COc1cc(NC(=O)c2ccc(-c3ccc4ccccc4c3)[nH]c2=O)cc(OC)c1. The first-order valence-corrected chi connectivity index (χ1v) is 9.34. The number of carbonyl (C=O) groups excluding carboxylic acids is 1. The van der Waals surface area contributed by atoms with Gasteiger partial charge in [-0.3, -0.25) is 9.59 Å². The Balaban J connectivity index is 1.61. The van der Waals surface area contributed by atoms with Gasteiger partial charge in [-0.15, -0.1) is 0 Å². The third kappa shape index (κ3) is 3.89. The van der Waals surface area contributed by atoms with E-state index in [4.69, 9.17) is 9.47 Å². The normalized spacial score (nSPS) is 10.6. The molecule has 4 rings (SSSR count). The molecular formula is C24H20N2O4. The van der Waals surface area contributed by atoms with Gasteiger partial charge in [-0.05, 0) is 34.5 Å². The van der Waals surface area contributed by atoms with E-state index in [0.717, 1.165) is 16.3 Å². The highest BCUT2D eigenvalue weighted by atomic mass is 16.5. The van der Waals surface area contributed by atoms with Crippen LogP contribution in [0.2, 0.25) is 0 Å². The van der Waals surface area contributed by atoms with Gasteiger partial charge in [0.05, 0.1) is 14.2 Å². The van der Waals surface area contributed by atoms with Gasteiger partial charge in [-0.2, -0.15) is 0 Å². The van der Waals surface area contributed by atoms with Crippen molar-refractivity contribution in [1.29, 1.82) is 0 Å². The van der Waals surface area contributed by atoms with Gasteiger partial charge in [-0.25, -0.2) is 0 Å². The third-order valence-electron chi connectivity index (χ3n) is 4.82. The predicted molar refractivity (Wildman–Crippen MR) is 118 cm³/mol. The van der Waals surface area contributed by atoms with Gasteiger partial charge in [0, 0.05) is 29.6 Å². The molecule has 150 valence electrons. The number of hydrogen-bond donors (Lipinski definition) is 2. The Bertz CT molecular complexity index is 1270. The van der Waals surface area contributed by atoms with Gasteiger partial charge < -0.3 is 19.8 Å². The Morgan fingerprint density at radius 1 is 0.833 bits per heavy atom. The zero-order valence-electron chi connectivity index (χ0n) is 16.6. The first kappa shape index (κ1) is 19.3. The lowest BCUT2D eigenvalue weighted by molar-refractivity contribution is 0.102. The molecule has 1 amide bonds. The molecule has 3 aromatic carbocycles. The summed E-state index contributed by atoms with van der Waals surface area (Å²) in [5.74, 6) is 0.548. The van der Waals surface area contributed by atoms with Crippen LogP contribution >= 0.6 is 0 Å². The molecule has 0 radical (unpaired) electrons. The van der Waals surface area contributed by atoms with Crippen LogP contribution in [0.5, 0.6) is 11.5 Å². The lowest BCUT2D eigenvalue weighted by Crippen LogP contribution is -2.23. The largest absolute Gasteiger partial charge is 0.497 e. The van der Waals surface area contributed by atoms with E-state index < -0.39 is 11.5 Å². The van der Waals surface area contributed by atoms with Crippen molar-refractivity contribution >= 4 is 22.4 Å². The molecule has 0 aliphatic heterocycles. The number of ether oxygens (including phenoxy) is 2. The second-order valence-corrected chi connectivity index (χ2v) is 6.73. The second-order valence-electron chi connectivity index (χ2n) is 6.73. The van der Waals surface area contributed by atoms with Gasteiger partial charge in [0.1, 0.15) is 17.1 Å². The van der Waals surface area contributed by atoms with Crippen LogP contribution < -0.4 is 20.3 Å². The Labute approximate surface area is 173 Å². The fraction of sp³-hybridized carbons (Fsp3) is 0.0833. The maximum Gasteiger partial charge on any atom is 0.261 e. The monoisotopic (exact) mass is 400 g/mol. The van der Waals surface area contributed by atoms with E-state index in [0.29, 0.717) is 22.9 Å². The fourth-order valence-electron chi connectivity index (χ4n) is 3.26. The summed E-state index contributed by atoms with van der Waals surface area (Å²) >= 11 is 0. The summed E-state index contributed by atoms with van der Waals surface area (Å²) in [5.41, 5.74) is 1.53. The van der Waals surface area contributed by atoms with Crippen LogP contribution in [0.3, 0.4) is 0 Å². The lowest BCUT2D eigenvalue weighted by Gasteiger charge is -2.10. The van der Waals surface area contributed by atoms with Gasteiger partial charge in [0.25, 0.3) is 11.5 Å². The molecule has 0 aliphatic rings. The quantitative estimate of drug-likeness (QED) is 0.518. The van der Waals surface area contributed by atoms with E-state index in [-0.39, 0.29) is 5.56 Å². The van der Waals surface area contributed by atoms with Gasteiger partial charge in [0.15, 0.2) is 0 Å². The molecule has 0 bridgehead atoms. The van der Waals surface area contributed by atoms with Gasteiger partial charge >= 0.3 is 0 Å². The van der Waals surface area contributed by atoms with Gasteiger partial charge in [-0.1, -0.05) is 36.4 Å². The Morgan fingerprint density at radius 3 is 2.20 bits per heavy atom. The van der Waals surface area contributed by atoms with E-state index >= 15 is 0 Å². The lowest BCUT2D eigenvalue weighted by atomic mass is 10.0. The van der Waals surface area contributed by atoms with Crippen LogP contribution in [0.1, 0.15) is 10.4 Å². The molecule has 0 spiro atoms. The minimum Gasteiger partial charge on any atom is -0.497 e.